The van der Waals surface area contributed by atoms with Crippen LogP contribution < -0.4 is 5.32 Å². The lowest BCUT2D eigenvalue weighted by atomic mass is 10.0. The summed E-state index contributed by atoms with van der Waals surface area (Å²) in [6.07, 6.45) is 2.40. The molecule has 0 bridgehead atoms. The number of benzene rings is 2. The van der Waals surface area contributed by atoms with Crippen LogP contribution in [0.25, 0.3) is 11.1 Å². The molecule has 0 unspecified atom stereocenters. The van der Waals surface area contributed by atoms with Crippen molar-refractivity contribution in [3.63, 3.8) is 0 Å². The Morgan fingerprint density at radius 3 is 1.73 bits per heavy atom. The van der Waals surface area contributed by atoms with Crippen molar-refractivity contribution >= 4 is 21.7 Å². The largest absolute Gasteiger partial charge is 0.480 e. The molecule has 0 saturated carbocycles. The Morgan fingerprint density at radius 1 is 0.923 bits per heavy atom. The first-order valence-corrected chi connectivity index (χ1v) is 9.98. The molecule has 2 aromatic carbocycles. The molecule has 7 heteroatoms. The summed E-state index contributed by atoms with van der Waals surface area (Å²) in [6, 6.07) is 13.0. The van der Waals surface area contributed by atoms with Crippen molar-refractivity contribution in [2.75, 3.05) is 12.8 Å². The van der Waals surface area contributed by atoms with Crippen LogP contribution in [0.15, 0.2) is 53.4 Å². The molecule has 1 amide bonds. The number of amides is 1. The molecule has 6 nitrogen and oxygen atoms in total. The van der Waals surface area contributed by atoms with Crippen LogP contribution in [0, 0.1) is 0 Å². The lowest BCUT2D eigenvalue weighted by Crippen LogP contribution is -2.29. The number of hydrogen-bond acceptors (Lipinski definition) is 4. The highest BCUT2D eigenvalue weighted by atomic mass is 32.2. The SMILES string of the molecule is CCC.CS(=O)(=O)c1ccc(-c2ccc(C(=O)NCC(=O)O)cc2)cc1. The van der Waals surface area contributed by atoms with E-state index in [1.807, 2.05) is 0 Å². The Bertz CT molecular complexity index is 841. The van der Waals surface area contributed by atoms with E-state index in [1.54, 1.807) is 36.4 Å². The second-order valence-electron chi connectivity index (χ2n) is 5.66. The maximum absolute atomic E-state index is 11.7. The molecule has 0 atom stereocenters. The zero-order valence-electron chi connectivity index (χ0n) is 15.0. The van der Waals surface area contributed by atoms with E-state index >= 15 is 0 Å². The number of rotatable bonds is 5. The molecule has 0 aliphatic heterocycles. The lowest BCUT2D eigenvalue weighted by Gasteiger charge is -2.06. The van der Waals surface area contributed by atoms with Crippen molar-refractivity contribution in [3.8, 4) is 11.1 Å². The minimum absolute atomic E-state index is 0.242. The van der Waals surface area contributed by atoms with Crippen LogP contribution in [0.2, 0.25) is 0 Å². The summed E-state index contributed by atoms with van der Waals surface area (Å²) in [5.74, 6) is -1.58. The number of carboxylic acid groups (broad SMARTS) is 1. The molecule has 0 heterocycles. The minimum atomic E-state index is -3.23. The second kappa shape index (κ2) is 9.72. The quantitative estimate of drug-likeness (QED) is 0.834. The van der Waals surface area contributed by atoms with Crippen molar-refractivity contribution in [1.82, 2.24) is 5.32 Å². The molecule has 0 aliphatic rings. The fraction of sp³-hybridized carbons (Fsp3) is 0.263. The summed E-state index contributed by atoms with van der Waals surface area (Å²) in [5.41, 5.74) is 1.98. The van der Waals surface area contributed by atoms with Crippen LogP contribution in [0.5, 0.6) is 0 Å². The molecular weight excluding hydrogens is 354 g/mol. The molecule has 0 spiro atoms. The fourth-order valence-electron chi connectivity index (χ4n) is 1.97. The molecule has 140 valence electrons. The van der Waals surface area contributed by atoms with Crippen molar-refractivity contribution in [2.24, 2.45) is 0 Å². The summed E-state index contributed by atoms with van der Waals surface area (Å²) in [7, 11) is -3.23. The van der Waals surface area contributed by atoms with Gasteiger partial charge in [-0.25, -0.2) is 8.42 Å². The van der Waals surface area contributed by atoms with Gasteiger partial charge in [0.05, 0.1) is 4.90 Å². The highest BCUT2D eigenvalue weighted by Crippen LogP contribution is 2.21. The van der Waals surface area contributed by atoms with Gasteiger partial charge in [-0.05, 0) is 35.4 Å². The van der Waals surface area contributed by atoms with Crippen LogP contribution >= 0.6 is 0 Å². The topological polar surface area (TPSA) is 101 Å². The van der Waals surface area contributed by atoms with Gasteiger partial charge in [-0.1, -0.05) is 44.5 Å². The van der Waals surface area contributed by atoms with Crippen LogP contribution in [-0.2, 0) is 14.6 Å². The summed E-state index contributed by atoms with van der Waals surface area (Å²) < 4.78 is 22.8. The zero-order chi connectivity index (χ0) is 19.7. The molecule has 2 N–H and O–H groups in total. The highest BCUT2D eigenvalue weighted by Gasteiger charge is 2.09. The van der Waals surface area contributed by atoms with Gasteiger partial charge in [-0.15, -0.1) is 0 Å². The summed E-state index contributed by atoms with van der Waals surface area (Å²) >= 11 is 0. The van der Waals surface area contributed by atoms with Crippen LogP contribution in [0.1, 0.15) is 30.6 Å². The standard InChI is InChI=1S/C16H15NO5S.C3H8/c1-23(21,22)14-8-6-12(7-9-14)11-2-4-13(5-3-11)16(20)17-10-15(18)19;1-3-2/h2-9H,10H2,1H3,(H,17,20)(H,18,19);3H2,1-2H3. The normalized spacial score (nSPS) is 10.4. The first-order valence-electron chi connectivity index (χ1n) is 8.09. The van der Waals surface area contributed by atoms with Crippen molar-refractivity contribution in [3.05, 3.63) is 54.1 Å². The average Bonchev–Trinajstić information content (AvgIpc) is 2.60. The van der Waals surface area contributed by atoms with E-state index < -0.39 is 28.3 Å². The first-order chi connectivity index (χ1) is 12.2. The summed E-state index contributed by atoms with van der Waals surface area (Å²) in [4.78, 5) is 22.4. The van der Waals surface area contributed by atoms with Crippen LogP contribution in [0.3, 0.4) is 0 Å². The van der Waals surface area contributed by atoms with Crippen LogP contribution in [-0.4, -0.2) is 38.2 Å². The van der Waals surface area contributed by atoms with Gasteiger partial charge in [0.1, 0.15) is 6.54 Å². The van der Waals surface area contributed by atoms with E-state index in [9.17, 15) is 18.0 Å². The van der Waals surface area contributed by atoms with Gasteiger partial charge in [0.2, 0.25) is 0 Å². The Kier molecular flexibility index (Phi) is 7.99. The van der Waals surface area contributed by atoms with Gasteiger partial charge >= 0.3 is 5.97 Å². The van der Waals surface area contributed by atoms with E-state index in [2.05, 4.69) is 19.2 Å². The molecule has 2 rings (SSSR count). The van der Waals surface area contributed by atoms with Gasteiger partial charge in [0.25, 0.3) is 5.91 Å². The number of sulfone groups is 1. The average molecular weight is 377 g/mol. The molecule has 0 radical (unpaired) electrons. The van der Waals surface area contributed by atoms with Gasteiger partial charge in [-0.3, -0.25) is 9.59 Å². The van der Waals surface area contributed by atoms with E-state index in [4.69, 9.17) is 5.11 Å². The predicted octanol–water partition coefficient (Wildman–Crippen LogP) is 2.99. The third-order valence-corrected chi connectivity index (χ3v) is 4.29. The number of carbonyl (C=O) groups excluding carboxylic acids is 1. The number of nitrogens with one attached hydrogen (secondary N) is 1. The second-order valence-corrected chi connectivity index (χ2v) is 7.67. The molecular formula is C19H23NO5S. The van der Waals surface area contributed by atoms with Gasteiger partial charge in [0, 0.05) is 11.8 Å². The number of aliphatic carboxylic acids is 1. The molecule has 0 saturated heterocycles. The van der Waals surface area contributed by atoms with Crippen molar-refractivity contribution < 1.29 is 23.1 Å². The van der Waals surface area contributed by atoms with Crippen LogP contribution in [0.4, 0.5) is 0 Å². The smallest absolute Gasteiger partial charge is 0.322 e. The zero-order valence-corrected chi connectivity index (χ0v) is 15.8. The maximum Gasteiger partial charge on any atom is 0.322 e. The van der Waals surface area contributed by atoms with Crippen molar-refractivity contribution in [2.45, 2.75) is 25.2 Å². The van der Waals surface area contributed by atoms with E-state index in [-0.39, 0.29) is 4.90 Å². The highest BCUT2D eigenvalue weighted by molar-refractivity contribution is 7.90. The number of carboxylic acids is 1. The van der Waals surface area contributed by atoms with Crippen molar-refractivity contribution in [1.29, 1.82) is 0 Å². The number of hydrogen-bond donors (Lipinski definition) is 2. The molecule has 0 fully saturated rings. The molecule has 0 aromatic heterocycles. The summed E-state index contributed by atoms with van der Waals surface area (Å²) in [5, 5.41) is 10.8. The Morgan fingerprint density at radius 2 is 1.35 bits per heavy atom. The Balaban J connectivity index is 0.00000105. The van der Waals surface area contributed by atoms with E-state index in [0.29, 0.717) is 5.56 Å². The van der Waals surface area contributed by atoms with E-state index in [1.165, 1.54) is 18.6 Å². The Labute approximate surface area is 153 Å². The van der Waals surface area contributed by atoms with E-state index in [0.717, 1.165) is 17.4 Å². The van der Waals surface area contributed by atoms with Gasteiger partial charge < -0.3 is 10.4 Å². The molecule has 2 aromatic rings. The molecule has 0 aliphatic carbocycles. The van der Waals surface area contributed by atoms with Gasteiger partial charge in [0.15, 0.2) is 9.84 Å². The maximum atomic E-state index is 11.7. The minimum Gasteiger partial charge on any atom is -0.480 e. The lowest BCUT2D eigenvalue weighted by molar-refractivity contribution is -0.135. The molecule has 26 heavy (non-hydrogen) atoms. The monoisotopic (exact) mass is 377 g/mol. The predicted molar refractivity (Wildman–Crippen MR) is 101 cm³/mol. The Hall–Kier alpha value is -2.67. The third kappa shape index (κ3) is 6.68. The third-order valence-electron chi connectivity index (χ3n) is 3.16. The number of carbonyl (C=O) groups is 2. The summed E-state index contributed by atoms with van der Waals surface area (Å²) in [6.45, 7) is 3.81. The first kappa shape index (κ1) is 21.4. The fourth-order valence-corrected chi connectivity index (χ4v) is 2.60. The van der Waals surface area contributed by atoms with Gasteiger partial charge in [-0.2, -0.15) is 0 Å².